The molecule has 110 valence electrons. The van der Waals surface area contributed by atoms with E-state index in [2.05, 4.69) is 24.1 Å². The van der Waals surface area contributed by atoms with Gasteiger partial charge in [0.2, 0.25) is 5.91 Å². The van der Waals surface area contributed by atoms with Crippen molar-refractivity contribution in [2.75, 3.05) is 39.3 Å². The Morgan fingerprint density at radius 1 is 1.16 bits per heavy atom. The molecule has 1 rings (SSSR count). The Balaban J connectivity index is 2.33. The van der Waals surface area contributed by atoms with Gasteiger partial charge in [-0.1, -0.05) is 13.8 Å². The number of nitrogens with one attached hydrogen (secondary N) is 1. The van der Waals surface area contributed by atoms with Crippen LogP contribution in [0.2, 0.25) is 0 Å². The molecule has 0 aliphatic carbocycles. The highest BCUT2D eigenvalue weighted by molar-refractivity contribution is 5.81. The SMILES string of the molecule is CC(C)CNC(=O)C(C)N1CCN(CC(=O)O)CC1. The third kappa shape index (κ3) is 5.57. The molecule has 0 saturated carbocycles. The van der Waals surface area contributed by atoms with Crippen molar-refractivity contribution in [1.82, 2.24) is 15.1 Å². The number of rotatable bonds is 6. The second kappa shape index (κ2) is 7.45. The van der Waals surface area contributed by atoms with Gasteiger partial charge >= 0.3 is 5.97 Å². The van der Waals surface area contributed by atoms with Crippen LogP contribution < -0.4 is 5.32 Å². The minimum absolute atomic E-state index is 0.0559. The summed E-state index contributed by atoms with van der Waals surface area (Å²) in [5, 5.41) is 11.7. The number of nitrogens with zero attached hydrogens (tertiary/aromatic N) is 2. The quantitative estimate of drug-likeness (QED) is 0.703. The van der Waals surface area contributed by atoms with Gasteiger partial charge in [-0.15, -0.1) is 0 Å². The number of piperazine rings is 1. The summed E-state index contributed by atoms with van der Waals surface area (Å²) in [4.78, 5) is 26.6. The summed E-state index contributed by atoms with van der Waals surface area (Å²) < 4.78 is 0. The Morgan fingerprint density at radius 2 is 1.74 bits per heavy atom. The van der Waals surface area contributed by atoms with Gasteiger partial charge in [-0.3, -0.25) is 19.4 Å². The molecule has 0 spiro atoms. The van der Waals surface area contributed by atoms with E-state index in [0.717, 1.165) is 13.1 Å². The van der Waals surface area contributed by atoms with E-state index >= 15 is 0 Å². The van der Waals surface area contributed by atoms with Crippen LogP contribution in [0.5, 0.6) is 0 Å². The number of carboxylic acids is 1. The van der Waals surface area contributed by atoms with Crippen LogP contribution in [0.1, 0.15) is 20.8 Å². The summed E-state index contributed by atoms with van der Waals surface area (Å²) in [6.07, 6.45) is 0. The number of carboxylic acid groups (broad SMARTS) is 1. The Bertz CT molecular complexity index is 312. The van der Waals surface area contributed by atoms with Gasteiger partial charge in [0.05, 0.1) is 12.6 Å². The fourth-order valence-electron chi connectivity index (χ4n) is 2.12. The lowest BCUT2D eigenvalue weighted by Gasteiger charge is -2.36. The lowest BCUT2D eigenvalue weighted by molar-refractivity contribution is -0.139. The Labute approximate surface area is 114 Å². The number of carbonyl (C=O) groups excluding carboxylic acids is 1. The van der Waals surface area contributed by atoms with Crippen molar-refractivity contribution in [1.29, 1.82) is 0 Å². The maximum atomic E-state index is 11.9. The molecule has 0 bridgehead atoms. The minimum Gasteiger partial charge on any atom is -0.480 e. The Morgan fingerprint density at radius 3 is 2.21 bits per heavy atom. The van der Waals surface area contributed by atoms with E-state index in [4.69, 9.17) is 5.11 Å². The summed E-state index contributed by atoms with van der Waals surface area (Å²) in [5.41, 5.74) is 0. The summed E-state index contributed by atoms with van der Waals surface area (Å²) in [6, 6.07) is -0.147. The zero-order valence-electron chi connectivity index (χ0n) is 12.1. The zero-order chi connectivity index (χ0) is 14.4. The van der Waals surface area contributed by atoms with Crippen LogP contribution in [0.4, 0.5) is 0 Å². The van der Waals surface area contributed by atoms with Gasteiger partial charge in [-0.25, -0.2) is 0 Å². The topological polar surface area (TPSA) is 72.9 Å². The van der Waals surface area contributed by atoms with E-state index in [1.807, 2.05) is 11.8 Å². The van der Waals surface area contributed by atoms with Crippen molar-refractivity contribution in [2.24, 2.45) is 5.92 Å². The van der Waals surface area contributed by atoms with Crippen molar-refractivity contribution < 1.29 is 14.7 Å². The van der Waals surface area contributed by atoms with E-state index < -0.39 is 5.97 Å². The van der Waals surface area contributed by atoms with Crippen molar-refractivity contribution in [3.63, 3.8) is 0 Å². The number of aliphatic carboxylic acids is 1. The van der Waals surface area contributed by atoms with Gasteiger partial charge in [0.25, 0.3) is 0 Å². The third-order valence-electron chi connectivity index (χ3n) is 3.38. The molecule has 1 saturated heterocycles. The molecule has 1 aliphatic rings. The molecule has 6 heteroatoms. The second-order valence-electron chi connectivity index (χ2n) is 5.52. The second-order valence-corrected chi connectivity index (χ2v) is 5.52. The lowest BCUT2D eigenvalue weighted by Crippen LogP contribution is -2.54. The van der Waals surface area contributed by atoms with Crippen LogP contribution in [-0.2, 0) is 9.59 Å². The third-order valence-corrected chi connectivity index (χ3v) is 3.38. The first-order chi connectivity index (χ1) is 8.90. The van der Waals surface area contributed by atoms with Gasteiger partial charge < -0.3 is 10.4 Å². The van der Waals surface area contributed by atoms with Crippen LogP contribution in [0.25, 0.3) is 0 Å². The fourth-order valence-corrected chi connectivity index (χ4v) is 2.12. The van der Waals surface area contributed by atoms with E-state index in [9.17, 15) is 9.59 Å². The van der Waals surface area contributed by atoms with Gasteiger partial charge in [0.1, 0.15) is 0 Å². The number of hydrogen-bond acceptors (Lipinski definition) is 4. The predicted octanol–water partition coefficient (Wildman–Crippen LogP) is -0.151. The molecule has 0 aromatic carbocycles. The molecule has 0 aromatic heterocycles. The lowest BCUT2D eigenvalue weighted by atomic mass is 10.2. The average molecular weight is 271 g/mol. The Hall–Kier alpha value is -1.14. The van der Waals surface area contributed by atoms with Crippen LogP contribution in [0.3, 0.4) is 0 Å². The molecule has 0 aromatic rings. The first-order valence-corrected chi connectivity index (χ1v) is 6.86. The molecular weight excluding hydrogens is 246 g/mol. The summed E-state index contributed by atoms with van der Waals surface area (Å²) in [5.74, 6) is -0.292. The molecule has 1 atom stereocenters. The molecule has 19 heavy (non-hydrogen) atoms. The highest BCUT2D eigenvalue weighted by Gasteiger charge is 2.25. The van der Waals surface area contributed by atoms with Crippen LogP contribution in [0.15, 0.2) is 0 Å². The maximum absolute atomic E-state index is 11.9. The van der Waals surface area contributed by atoms with Crippen molar-refractivity contribution in [3.05, 3.63) is 0 Å². The van der Waals surface area contributed by atoms with E-state index in [-0.39, 0.29) is 18.5 Å². The zero-order valence-corrected chi connectivity index (χ0v) is 12.1. The smallest absolute Gasteiger partial charge is 0.317 e. The van der Waals surface area contributed by atoms with Crippen LogP contribution in [0, 0.1) is 5.92 Å². The van der Waals surface area contributed by atoms with E-state index in [1.165, 1.54) is 0 Å². The number of amides is 1. The summed E-state index contributed by atoms with van der Waals surface area (Å²) in [6.45, 7) is 9.70. The molecule has 2 N–H and O–H groups in total. The molecule has 1 heterocycles. The van der Waals surface area contributed by atoms with Crippen LogP contribution in [-0.4, -0.2) is 72.1 Å². The maximum Gasteiger partial charge on any atom is 0.317 e. The first-order valence-electron chi connectivity index (χ1n) is 6.86. The highest BCUT2D eigenvalue weighted by Crippen LogP contribution is 2.06. The molecule has 1 amide bonds. The van der Waals surface area contributed by atoms with Gasteiger partial charge in [-0.2, -0.15) is 0 Å². The average Bonchev–Trinajstić information content (AvgIpc) is 2.35. The standard InChI is InChI=1S/C13H25N3O3/c1-10(2)8-14-13(19)11(3)16-6-4-15(5-7-16)9-12(17)18/h10-11H,4-9H2,1-3H3,(H,14,19)(H,17,18). The molecule has 6 nitrogen and oxygen atoms in total. The van der Waals surface area contributed by atoms with Crippen molar-refractivity contribution >= 4 is 11.9 Å². The molecule has 1 fully saturated rings. The largest absolute Gasteiger partial charge is 0.480 e. The number of hydrogen-bond donors (Lipinski definition) is 2. The normalized spacial score (nSPS) is 19.4. The minimum atomic E-state index is -0.795. The van der Waals surface area contributed by atoms with Crippen molar-refractivity contribution in [2.45, 2.75) is 26.8 Å². The van der Waals surface area contributed by atoms with E-state index in [1.54, 1.807) is 0 Å². The van der Waals surface area contributed by atoms with Gasteiger partial charge in [0.15, 0.2) is 0 Å². The van der Waals surface area contributed by atoms with Crippen molar-refractivity contribution in [3.8, 4) is 0 Å². The molecule has 0 radical (unpaired) electrons. The summed E-state index contributed by atoms with van der Waals surface area (Å²) in [7, 11) is 0. The van der Waals surface area contributed by atoms with Gasteiger partial charge in [-0.05, 0) is 12.8 Å². The van der Waals surface area contributed by atoms with E-state index in [0.29, 0.717) is 25.6 Å². The highest BCUT2D eigenvalue weighted by atomic mass is 16.4. The molecule has 1 aliphatic heterocycles. The predicted molar refractivity (Wildman–Crippen MR) is 73.0 cm³/mol. The fraction of sp³-hybridized carbons (Fsp3) is 0.846. The number of carbonyl (C=O) groups is 2. The molecule has 1 unspecified atom stereocenters. The molecular formula is C13H25N3O3. The first kappa shape index (κ1) is 15.9. The monoisotopic (exact) mass is 271 g/mol. The summed E-state index contributed by atoms with van der Waals surface area (Å²) >= 11 is 0. The van der Waals surface area contributed by atoms with Gasteiger partial charge in [0, 0.05) is 32.7 Å². The Kier molecular flexibility index (Phi) is 6.24. The van der Waals surface area contributed by atoms with Crippen LogP contribution >= 0.6 is 0 Å².